The summed E-state index contributed by atoms with van der Waals surface area (Å²) in [5, 5.41) is 3.38. The van der Waals surface area contributed by atoms with Crippen molar-refractivity contribution < 1.29 is 19.1 Å². The van der Waals surface area contributed by atoms with Gasteiger partial charge >= 0.3 is 12.0 Å². The van der Waals surface area contributed by atoms with Gasteiger partial charge in [-0.05, 0) is 18.6 Å². The predicted molar refractivity (Wildman–Crippen MR) is 91.0 cm³/mol. The van der Waals surface area contributed by atoms with E-state index in [1.807, 2.05) is 0 Å². The maximum Gasteiger partial charge on any atom is 0.338 e. The van der Waals surface area contributed by atoms with E-state index in [2.05, 4.69) is 5.32 Å². The molecule has 0 spiro atoms. The standard InChI is InChI=1S/C16H18Cl2N2O4/c1-9-12(15(21)24-8-7-23-3)14(19-16(22)20(9)2)10-5-4-6-11(17)13(10)18/h4-6,14H,7-8H2,1-3H3,(H,19,22)/t14-/m1/s1. The largest absolute Gasteiger partial charge is 0.460 e. The summed E-state index contributed by atoms with van der Waals surface area (Å²) in [6.45, 7) is 2.07. The van der Waals surface area contributed by atoms with Gasteiger partial charge in [0, 0.05) is 19.9 Å². The zero-order valence-electron chi connectivity index (χ0n) is 13.6. The Hall–Kier alpha value is -1.76. The summed E-state index contributed by atoms with van der Waals surface area (Å²) < 4.78 is 10.1. The lowest BCUT2D eigenvalue weighted by Gasteiger charge is -2.33. The molecule has 130 valence electrons. The first-order valence-corrected chi connectivity index (χ1v) is 7.99. The van der Waals surface area contributed by atoms with Gasteiger partial charge in [0.2, 0.25) is 0 Å². The lowest BCUT2D eigenvalue weighted by molar-refractivity contribution is -0.140. The second kappa shape index (κ2) is 7.88. The summed E-state index contributed by atoms with van der Waals surface area (Å²) in [5.41, 5.74) is 1.32. The average Bonchev–Trinajstić information content (AvgIpc) is 2.55. The minimum absolute atomic E-state index is 0.111. The van der Waals surface area contributed by atoms with Crippen molar-refractivity contribution in [2.75, 3.05) is 27.4 Å². The van der Waals surface area contributed by atoms with E-state index in [4.69, 9.17) is 32.7 Å². The fourth-order valence-corrected chi connectivity index (χ4v) is 2.79. The Morgan fingerprint density at radius 1 is 1.33 bits per heavy atom. The highest BCUT2D eigenvalue weighted by molar-refractivity contribution is 6.42. The molecule has 1 aromatic rings. The van der Waals surface area contributed by atoms with Crippen molar-refractivity contribution in [2.45, 2.75) is 13.0 Å². The summed E-state index contributed by atoms with van der Waals surface area (Å²) in [7, 11) is 3.09. The monoisotopic (exact) mass is 372 g/mol. The summed E-state index contributed by atoms with van der Waals surface area (Å²) in [5.74, 6) is -0.544. The zero-order valence-corrected chi connectivity index (χ0v) is 15.1. The van der Waals surface area contributed by atoms with E-state index in [-0.39, 0.29) is 24.3 Å². The van der Waals surface area contributed by atoms with E-state index in [1.54, 1.807) is 32.2 Å². The molecular formula is C16H18Cl2N2O4. The molecule has 0 radical (unpaired) electrons. The highest BCUT2D eigenvalue weighted by Crippen LogP contribution is 2.37. The Labute approximate surface area is 150 Å². The minimum Gasteiger partial charge on any atom is -0.460 e. The van der Waals surface area contributed by atoms with Crippen LogP contribution in [0.2, 0.25) is 10.0 Å². The normalized spacial score (nSPS) is 17.8. The molecule has 1 aliphatic heterocycles. The van der Waals surface area contributed by atoms with Crippen molar-refractivity contribution in [3.63, 3.8) is 0 Å². The molecule has 0 unspecified atom stereocenters. The number of hydrogen-bond donors (Lipinski definition) is 1. The Morgan fingerprint density at radius 2 is 2.04 bits per heavy atom. The molecule has 1 heterocycles. The van der Waals surface area contributed by atoms with Gasteiger partial charge in [0.25, 0.3) is 0 Å². The van der Waals surface area contributed by atoms with E-state index in [1.165, 1.54) is 12.0 Å². The molecule has 0 fully saturated rings. The molecule has 6 nitrogen and oxygen atoms in total. The number of hydrogen-bond acceptors (Lipinski definition) is 4. The number of urea groups is 1. The number of ether oxygens (including phenoxy) is 2. The molecule has 1 aromatic carbocycles. The molecule has 0 saturated carbocycles. The van der Waals surface area contributed by atoms with E-state index < -0.39 is 12.0 Å². The topological polar surface area (TPSA) is 67.9 Å². The molecule has 2 amide bonds. The van der Waals surface area contributed by atoms with Crippen molar-refractivity contribution in [2.24, 2.45) is 0 Å². The van der Waals surface area contributed by atoms with Gasteiger partial charge in [-0.15, -0.1) is 0 Å². The number of rotatable bonds is 5. The first-order valence-electron chi connectivity index (χ1n) is 7.23. The SMILES string of the molecule is COCCOC(=O)C1=C(C)N(C)C(=O)N[C@@H]1c1cccc(Cl)c1Cl. The van der Waals surface area contributed by atoms with Gasteiger partial charge in [0.15, 0.2) is 0 Å². The van der Waals surface area contributed by atoms with Crippen LogP contribution in [0, 0.1) is 0 Å². The maximum absolute atomic E-state index is 12.5. The summed E-state index contributed by atoms with van der Waals surface area (Å²) in [6, 6.07) is 3.96. The van der Waals surface area contributed by atoms with Gasteiger partial charge in [0.1, 0.15) is 6.61 Å². The van der Waals surface area contributed by atoms with Gasteiger partial charge in [-0.1, -0.05) is 35.3 Å². The number of halogens is 2. The van der Waals surface area contributed by atoms with Gasteiger partial charge in [-0.3, -0.25) is 0 Å². The number of carbonyl (C=O) groups is 2. The molecular weight excluding hydrogens is 355 g/mol. The summed E-state index contributed by atoms with van der Waals surface area (Å²) >= 11 is 12.3. The molecule has 24 heavy (non-hydrogen) atoms. The fourth-order valence-electron chi connectivity index (χ4n) is 2.37. The van der Waals surface area contributed by atoms with Crippen molar-refractivity contribution >= 4 is 35.2 Å². The van der Waals surface area contributed by atoms with E-state index in [9.17, 15) is 9.59 Å². The van der Waals surface area contributed by atoms with Crippen molar-refractivity contribution in [1.29, 1.82) is 0 Å². The number of amides is 2. The average molecular weight is 373 g/mol. The van der Waals surface area contributed by atoms with Crippen molar-refractivity contribution in [1.82, 2.24) is 10.2 Å². The molecule has 0 aromatic heterocycles. The number of methoxy groups -OCH3 is 1. The highest BCUT2D eigenvalue weighted by atomic mass is 35.5. The van der Waals surface area contributed by atoms with E-state index in [0.29, 0.717) is 21.9 Å². The van der Waals surface area contributed by atoms with Crippen LogP contribution in [-0.2, 0) is 14.3 Å². The Bertz CT molecular complexity index is 691. The first kappa shape index (κ1) is 18.6. The quantitative estimate of drug-likeness (QED) is 0.636. The van der Waals surface area contributed by atoms with Crippen LogP contribution in [0.3, 0.4) is 0 Å². The highest BCUT2D eigenvalue weighted by Gasteiger charge is 2.36. The Morgan fingerprint density at radius 3 is 2.71 bits per heavy atom. The molecule has 0 aliphatic carbocycles. The van der Waals surface area contributed by atoms with Crippen LogP contribution in [0.1, 0.15) is 18.5 Å². The van der Waals surface area contributed by atoms with Gasteiger partial charge in [0.05, 0.1) is 28.3 Å². The summed E-state index contributed by atoms with van der Waals surface area (Å²) in [4.78, 5) is 26.0. The number of allylic oxidation sites excluding steroid dienone is 1. The third kappa shape index (κ3) is 3.66. The van der Waals surface area contributed by atoms with E-state index in [0.717, 1.165) is 0 Å². The molecule has 2 rings (SSSR count). The lowest BCUT2D eigenvalue weighted by Crippen LogP contribution is -2.46. The van der Waals surface area contributed by atoms with Crippen LogP contribution in [0.15, 0.2) is 29.5 Å². The zero-order chi connectivity index (χ0) is 17.9. The van der Waals surface area contributed by atoms with Gasteiger partial charge in [-0.2, -0.15) is 0 Å². The Balaban J connectivity index is 2.45. The fraction of sp³-hybridized carbons (Fsp3) is 0.375. The van der Waals surface area contributed by atoms with Gasteiger partial charge in [-0.25, -0.2) is 9.59 Å². The predicted octanol–water partition coefficient (Wildman–Crippen LogP) is 3.15. The van der Waals surface area contributed by atoms with Crippen LogP contribution >= 0.6 is 23.2 Å². The van der Waals surface area contributed by atoms with Crippen LogP contribution in [-0.4, -0.2) is 44.3 Å². The first-order chi connectivity index (χ1) is 11.4. The molecule has 1 N–H and O–H groups in total. The molecule has 8 heteroatoms. The number of carbonyl (C=O) groups excluding carboxylic acids is 2. The molecule has 0 saturated heterocycles. The summed E-state index contributed by atoms with van der Waals surface area (Å²) in [6.07, 6.45) is 0. The van der Waals surface area contributed by atoms with Crippen LogP contribution in [0.4, 0.5) is 4.79 Å². The van der Waals surface area contributed by atoms with Crippen LogP contribution < -0.4 is 5.32 Å². The maximum atomic E-state index is 12.5. The third-order valence-electron chi connectivity index (χ3n) is 3.79. The minimum atomic E-state index is -0.741. The van der Waals surface area contributed by atoms with Crippen LogP contribution in [0.25, 0.3) is 0 Å². The van der Waals surface area contributed by atoms with Crippen LogP contribution in [0.5, 0.6) is 0 Å². The smallest absolute Gasteiger partial charge is 0.338 e. The van der Waals surface area contributed by atoms with Crippen molar-refractivity contribution in [3.8, 4) is 0 Å². The lowest BCUT2D eigenvalue weighted by atomic mass is 9.95. The van der Waals surface area contributed by atoms with Crippen molar-refractivity contribution in [3.05, 3.63) is 45.1 Å². The molecule has 1 atom stereocenters. The second-order valence-electron chi connectivity index (χ2n) is 5.21. The second-order valence-corrected chi connectivity index (χ2v) is 6.00. The number of esters is 1. The molecule has 1 aliphatic rings. The van der Waals surface area contributed by atoms with Gasteiger partial charge < -0.3 is 19.7 Å². The number of nitrogens with zero attached hydrogens (tertiary/aromatic N) is 1. The Kier molecular flexibility index (Phi) is 6.10. The number of nitrogens with one attached hydrogen (secondary N) is 1. The number of benzene rings is 1. The molecule has 0 bridgehead atoms. The van der Waals surface area contributed by atoms with E-state index >= 15 is 0 Å². The third-order valence-corrected chi connectivity index (χ3v) is 4.62.